The zero-order valence-electron chi connectivity index (χ0n) is 14.0. The summed E-state index contributed by atoms with van der Waals surface area (Å²) in [5.41, 5.74) is 0.951. The molecule has 0 N–H and O–H groups in total. The molecule has 0 radical (unpaired) electrons. The highest BCUT2D eigenvalue weighted by molar-refractivity contribution is 7.80. The van der Waals surface area contributed by atoms with Gasteiger partial charge in [0, 0.05) is 43.3 Å². The van der Waals surface area contributed by atoms with Crippen molar-refractivity contribution < 1.29 is 9.13 Å². The van der Waals surface area contributed by atoms with E-state index in [1.807, 2.05) is 12.1 Å². The summed E-state index contributed by atoms with van der Waals surface area (Å²) in [6.07, 6.45) is 2.05. The van der Waals surface area contributed by atoms with Gasteiger partial charge in [-0.15, -0.1) is 0 Å². The van der Waals surface area contributed by atoms with Crippen LogP contribution in [-0.2, 0) is 21.2 Å². The average molecular weight is 381 g/mol. The zero-order chi connectivity index (χ0) is 17.4. The molecule has 2 fully saturated rings. The molecule has 2 aromatic rings. The number of ether oxygens (including phenoxy) is 1. The van der Waals surface area contributed by atoms with E-state index in [0.717, 1.165) is 47.6 Å². The number of thiol groups is 1. The third-order valence-electron chi connectivity index (χ3n) is 4.70. The van der Waals surface area contributed by atoms with Crippen molar-refractivity contribution in [1.82, 2.24) is 9.97 Å². The van der Waals surface area contributed by atoms with E-state index in [0.29, 0.717) is 13.2 Å². The quantitative estimate of drug-likeness (QED) is 0.463. The van der Waals surface area contributed by atoms with Crippen molar-refractivity contribution in [3.63, 3.8) is 0 Å². The number of benzene rings is 1. The first-order valence-corrected chi connectivity index (χ1v) is 9.71. The molecule has 1 aromatic heterocycles. The van der Waals surface area contributed by atoms with Gasteiger partial charge in [-0.1, -0.05) is 6.07 Å². The highest BCUT2D eigenvalue weighted by Gasteiger charge is 2.55. The molecule has 1 atom stereocenters. The number of morpholine rings is 1. The standard InChI is InChI=1S/C18H19ClFN3OS/c1-12-11-24-8-7-23(12)16-10-15(21-17(19)22-16)18(5-6-18)25-14-4-2-3-13(20)9-14/h2-4,9-10,12H,5-8,11H2,1H3/p+1/t12-/m0/s1. The smallest absolute Gasteiger partial charge is 0.224 e. The second-order valence-corrected chi connectivity index (χ2v) is 8.56. The largest absolute Gasteiger partial charge is 0.377 e. The van der Waals surface area contributed by atoms with Crippen molar-refractivity contribution in [3.8, 4) is 0 Å². The Morgan fingerprint density at radius 1 is 1.32 bits per heavy atom. The van der Waals surface area contributed by atoms with Gasteiger partial charge >= 0.3 is 0 Å². The fraction of sp³-hybridized carbons (Fsp3) is 0.444. The molecule has 1 aliphatic carbocycles. The van der Waals surface area contributed by atoms with Gasteiger partial charge in [-0.25, -0.2) is 14.4 Å². The van der Waals surface area contributed by atoms with Crippen LogP contribution in [0, 0.1) is 5.82 Å². The number of nitrogens with zero attached hydrogens (tertiary/aromatic N) is 3. The number of anilines is 1. The molecular weight excluding hydrogens is 361 g/mol. The fourth-order valence-electron chi connectivity index (χ4n) is 3.20. The van der Waals surface area contributed by atoms with Gasteiger partial charge in [0.1, 0.15) is 17.3 Å². The van der Waals surface area contributed by atoms with Crippen LogP contribution in [0.2, 0.25) is 5.28 Å². The van der Waals surface area contributed by atoms with Gasteiger partial charge in [-0.05, 0) is 30.7 Å². The molecule has 7 heteroatoms. The highest BCUT2D eigenvalue weighted by Crippen LogP contribution is 2.51. The van der Waals surface area contributed by atoms with Crippen LogP contribution in [0.1, 0.15) is 25.5 Å². The summed E-state index contributed by atoms with van der Waals surface area (Å²) < 4.78 is 18.9. The molecule has 1 saturated carbocycles. The van der Waals surface area contributed by atoms with Gasteiger partial charge in [-0.2, -0.15) is 0 Å². The van der Waals surface area contributed by atoms with Gasteiger partial charge in [0.25, 0.3) is 0 Å². The number of rotatable bonds is 4. The van der Waals surface area contributed by atoms with E-state index < -0.39 is 0 Å². The first kappa shape index (κ1) is 17.1. The Kier molecular flexibility index (Phi) is 4.60. The fourth-order valence-corrected chi connectivity index (χ4v) is 4.78. The molecule has 0 amide bonds. The Morgan fingerprint density at radius 2 is 2.16 bits per heavy atom. The lowest BCUT2D eigenvalue weighted by Crippen LogP contribution is -2.44. The lowest BCUT2D eigenvalue weighted by atomic mass is 10.2. The molecule has 4 rings (SSSR count). The molecule has 2 aliphatic rings. The molecular formula is C18H20ClFN3OS+. The Bertz CT molecular complexity index is 787. The average Bonchev–Trinajstić information content (AvgIpc) is 3.35. The number of halogens is 2. The molecule has 0 spiro atoms. The lowest BCUT2D eigenvalue weighted by molar-refractivity contribution is 0.0985. The first-order chi connectivity index (χ1) is 12.1. The second-order valence-electron chi connectivity index (χ2n) is 6.62. The van der Waals surface area contributed by atoms with Crippen LogP contribution >= 0.6 is 11.6 Å². The first-order valence-electron chi connectivity index (χ1n) is 8.44. The third kappa shape index (κ3) is 3.61. The number of hydrogen-bond donors (Lipinski definition) is 0. The van der Waals surface area contributed by atoms with Crippen LogP contribution < -0.4 is 4.90 Å². The summed E-state index contributed by atoms with van der Waals surface area (Å²) in [6.45, 7) is 4.28. The topological polar surface area (TPSA) is 38.2 Å². The second kappa shape index (κ2) is 6.74. The molecule has 0 bridgehead atoms. The van der Waals surface area contributed by atoms with E-state index in [-0.39, 0.29) is 21.9 Å². The molecule has 1 aromatic carbocycles. The predicted octanol–water partition coefficient (Wildman–Crippen LogP) is 3.36. The molecule has 4 nitrogen and oxygen atoms in total. The summed E-state index contributed by atoms with van der Waals surface area (Å²) in [5.74, 6) is 0.649. The van der Waals surface area contributed by atoms with E-state index in [1.54, 1.807) is 12.1 Å². The van der Waals surface area contributed by atoms with Gasteiger partial charge in [-0.3, -0.25) is 0 Å². The Morgan fingerprint density at radius 3 is 2.88 bits per heavy atom. The summed E-state index contributed by atoms with van der Waals surface area (Å²) in [4.78, 5) is 12.1. The van der Waals surface area contributed by atoms with Crippen molar-refractivity contribution in [1.29, 1.82) is 0 Å². The zero-order valence-corrected chi connectivity index (χ0v) is 15.6. The van der Waals surface area contributed by atoms with E-state index in [4.69, 9.17) is 16.3 Å². The van der Waals surface area contributed by atoms with Crippen molar-refractivity contribution in [2.75, 3.05) is 24.7 Å². The van der Waals surface area contributed by atoms with Gasteiger partial charge in [0.15, 0.2) is 9.64 Å². The Labute approximate surface area is 155 Å². The summed E-state index contributed by atoms with van der Waals surface area (Å²) in [7, 11) is 0. The van der Waals surface area contributed by atoms with Gasteiger partial charge in [0.2, 0.25) is 5.28 Å². The normalized spacial score (nSPS) is 22.0. The monoisotopic (exact) mass is 380 g/mol. The molecule has 2 heterocycles. The minimum atomic E-state index is -0.204. The van der Waals surface area contributed by atoms with E-state index in [1.165, 1.54) is 6.07 Å². The van der Waals surface area contributed by atoms with Gasteiger partial charge < -0.3 is 9.64 Å². The van der Waals surface area contributed by atoms with Crippen LogP contribution in [0.5, 0.6) is 0 Å². The maximum Gasteiger partial charge on any atom is 0.224 e. The maximum atomic E-state index is 13.5. The number of hydrogen-bond acceptors (Lipinski definition) is 4. The lowest BCUT2D eigenvalue weighted by Gasteiger charge is -2.34. The maximum absolute atomic E-state index is 13.5. The van der Waals surface area contributed by atoms with Crippen LogP contribution in [0.25, 0.3) is 0 Å². The van der Waals surface area contributed by atoms with Crippen molar-refractivity contribution in [2.45, 2.75) is 35.4 Å². The minimum Gasteiger partial charge on any atom is -0.377 e. The Hall–Kier alpha value is -1.37. The van der Waals surface area contributed by atoms with E-state index in [2.05, 4.69) is 21.8 Å². The van der Waals surface area contributed by atoms with Crippen molar-refractivity contribution >= 4 is 29.2 Å². The summed E-state index contributed by atoms with van der Waals surface area (Å²) >= 11 is 7.30. The van der Waals surface area contributed by atoms with Gasteiger partial charge in [0.05, 0.1) is 19.3 Å². The summed E-state index contributed by atoms with van der Waals surface area (Å²) in [6, 6.07) is 9.07. The molecule has 0 unspecified atom stereocenters. The predicted molar refractivity (Wildman–Crippen MR) is 99.0 cm³/mol. The third-order valence-corrected chi connectivity index (χ3v) is 6.51. The molecule has 1 aliphatic heterocycles. The summed E-state index contributed by atoms with van der Waals surface area (Å²) in [5, 5.41) is 0.270. The van der Waals surface area contributed by atoms with Crippen molar-refractivity contribution in [3.05, 3.63) is 47.1 Å². The van der Waals surface area contributed by atoms with E-state index in [9.17, 15) is 4.39 Å². The minimum absolute atomic E-state index is 0.0787. The van der Waals surface area contributed by atoms with Crippen LogP contribution in [0.4, 0.5) is 10.2 Å². The Balaban J connectivity index is 1.63. The van der Waals surface area contributed by atoms with Crippen LogP contribution in [0.3, 0.4) is 0 Å². The van der Waals surface area contributed by atoms with Crippen LogP contribution in [0.15, 0.2) is 35.2 Å². The number of aromatic nitrogens is 2. The van der Waals surface area contributed by atoms with Crippen molar-refractivity contribution in [2.24, 2.45) is 0 Å². The molecule has 132 valence electrons. The van der Waals surface area contributed by atoms with E-state index >= 15 is 0 Å². The molecule has 25 heavy (non-hydrogen) atoms. The SMILES string of the molecule is C[C@H]1COCCN1c1cc(C2([SH+]c3cccc(F)c3)CC2)nc(Cl)n1. The van der Waals surface area contributed by atoms with Crippen LogP contribution in [-0.4, -0.2) is 35.8 Å². The molecule has 1 saturated heterocycles. The highest BCUT2D eigenvalue weighted by atomic mass is 35.5.